The molecule has 2 aromatic rings. The maximum Gasteiger partial charge on any atom is 0.492 e. The first-order valence-corrected chi connectivity index (χ1v) is 6.62. The molecule has 0 aliphatic rings. The average molecular weight is 300 g/mol. The van der Waals surface area contributed by atoms with E-state index in [2.05, 4.69) is 15.3 Å². The largest absolute Gasteiger partial charge is 0.497 e. The molecule has 1 aromatic carbocycles. The van der Waals surface area contributed by atoms with Gasteiger partial charge < -0.3 is 14.8 Å². The van der Waals surface area contributed by atoms with Gasteiger partial charge in [0.05, 0.1) is 19.5 Å². The van der Waals surface area contributed by atoms with Crippen LogP contribution in [-0.4, -0.2) is 47.7 Å². The Bertz CT molecular complexity index is 679. The number of anilines is 1. The fourth-order valence-electron chi connectivity index (χ4n) is 1.84. The molecular formula is C14H17BN4O3. The van der Waals surface area contributed by atoms with E-state index in [1.54, 1.807) is 42.7 Å². The lowest BCUT2D eigenvalue weighted by Crippen LogP contribution is -2.31. The van der Waals surface area contributed by atoms with Crippen molar-refractivity contribution in [1.82, 2.24) is 10.2 Å². The maximum atomic E-state index is 9.24. The molecule has 0 aliphatic heterocycles. The van der Waals surface area contributed by atoms with Crippen molar-refractivity contribution in [2.75, 3.05) is 19.2 Å². The lowest BCUT2D eigenvalue weighted by Gasteiger charge is -2.11. The molecule has 114 valence electrons. The van der Waals surface area contributed by atoms with Crippen molar-refractivity contribution in [2.24, 2.45) is 5.10 Å². The highest BCUT2D eigenvalue weighted by molar-refractivity contribution is 6.59. The van der Waals surface area contributed by atoms with E-state index in [4.69, 9.17) is 4.74 Å². The van der Waals surface area contributed by atoms with Crippen molar-refractivity contribution >= 4 is 24.6 Å². The van der Waals surface area contributed by atoms with Crippen LogP contribution < -0.4 is 15.2 Å². The van der Waals surface area contributed by atoms with Crippen LogP contribution >= 0.6 is 0 Å². The van der Waals surface area contributed by atoms with Crippen LogP contribution in [0.25, 0.3) is 0 Å². The van der Waals surface area contributed by atoms with Crippen molar-refractivity contribution in [3.8, 4) is 5.75 Å². The van der Waals surface area contributed by atoms with Gasteiger partial charge in [-0.15, -0.1) is 5.10 Å². The van der Waals surface area contributed by atoms with Gasteiger partial charge in [0.1, 0.15) is 5.75 Å². The first kappa shape index (κ1) is 15.9. The number of rotatable bonds is 5. The van der Waals surface area contributed by atoms with Gasteiger partial charge in [-0.1, -0.05) is 12.1 Å². The van der Waals surface area contributed by atoms with Gasteiger partial charge >= 0.3 is 7.12 Å². The van der Waals surface area contributed by atoms with Crippen molar-refractivity contribution in [1.29, 1.82) is 0 Å². The number of hydrazone groups is 1. The van der Waals surface area contributed by atoms with E-state index in [9.17, 15) is 10.0 Å². The van der Waals surface area contributed by atoms with E-state index in [1.807, 2.05) is 13.0 Å². The molecule has 0 radical (unpaired) electrons. The van der Waals surface area contributed by atoms with Gasteiger partial charge in [-0.3, -0.25) is 0 Å². The zero-order chi connectivity index (χ0) is 16.1. The number of hydrogen-bond acceptors (Lipinski definition) is 7. The molecule has 2 N–H and O–H groups in total. The number of methoxy groups -OCH3 is 1. The predicted octanol–water partition coefficient (Wildman–Crippen LogP) is -0.0563. The summed E-state index contributed by atoms with van der Waals surface area (Å²) >= 11 is 0. The molecule has 0 spiro atoms. The highest BCUT2D eigenvalue weighted by Crippen LogP contribution is 2.12. The zero-order valence-corrected chi connectivity index (χ0v) is 12.6. The lowest BCUT2D eigenvalue weighted by molar-refractivity contribution is 0.403. The van der Waals surface area contributed by atoms with Gasteiger partial charge in [0, 0.05) is 12.5 Å². The van der Waals surface area contributed by atoms with E-state index in [0.29, 0.717) is 17.0 Å². The van der Waals surface area contributed by atoms with E-state index in [1.165, 1.54) is 7.11 Å². The molecule has 0 saturated heterocycles. The van der Waals surface area contributed by atoms with Gasteiger partial charge in [0.25, 0.3) is 0 Å². The predicted molar refractivity (Wildman–Crippen MR) is 85.6 cm³/mol. The topological polar surface area (TPSA) is 91.1 Å². The van der Waals surface area contributed by atoms with Gasteiger partial charge in [-0.2, -0.15) is 10.2 Å². The number of benzene rings is 1. The molecule has 0 saturated carbocycles. The van der Waals surface area contributed by atoms with Crippen molar-refractivity contribution in [3.63, 3.8) is 0 Å². The monoisotopic (exact) mass is 300 g/mol. The summed E-state index contributed by atoms with van der Waals surface area (Å²) in [6.07, 6.45) is 3.30. The quantitative estimate of drug-likeness (QED) is 0.457. The third-order valence-electron chi connectivity index (χ3n) is 3.03. The molecule has 0 fully saturated rings. The Hall–Kier alpha value is -2.45. The summed E-state index contributed by atoms with van der Waals surface area (Å²) in [6, 6.07) is 6.85. The van der Waals surface area contributed by atoms with Crippen LogP contribution in [0.2, 0.25) is 0 Å². The minimum Gasteiger partial charge on any atom is -0.497 e. The second-order valence-corrected chi connectivity index (χ2v) is 4.73. The Morgan fingerprint density at radius 3 is 2.73 bits per heavy atom. The summed E-state index contributed by atoms with van der Waals surface area (Å²) in [6.45, 7) is 1.93. The van der Waals surface area contributed by atoms with Gasteiger partial charge in [0.2, 0.25) is 0 Å². The maximum absolute atomic E-state index is 9.24. The molecule has 1 heterocycles. The Kier molecular flexibility index (Phi) is 5.08. The first-order valence-electron chi connectivity index (χ1n) is 6.62. The summed E-state index contributed by atoms with van der Waals surface area (Å²) in [7, 11) is 1.66. The van der Waals surface area contributed by atoms with Crippen molar-refractivity contribution in [2.45, 2.75) is 6.92 Å². The summed E-state index contributed by atoms with van der Waals surface area (Å²) in [5.41, 5.74) is 2.06. The lowest BCUT2D eigenvalue weighted by atomic mass is 9.79. The van der Waals surface area contributed by atoms with Crippen molar-refractivity contribution in [3.05, 3.63) is 41.6 Å². The van der Waals surface area contributed by atoms with Crippen LogP contribution in [0.1, 0.15) is 11.1 Å². The van der Waals surface area contributed by atoms with Crippen LogP contribution in [0.3, 0.4) is 0 Å². The van der Waals surface area contributed by atoms with E-state index in [-0.39, 0.29) is 0 Å². The Morgan fingerprint density at radius 1 is 1.32 bits per heavy atom. The van der Waals surface area contributed by atoms with Crippen LogP contribution in [-0.2, 0) is 0 Å². The normalized spacial score (nSPS) is 10.8. The second kappa shape index (κ2) is 7.01. The first-order chi connectivity index (χ1) is 10.5. The highest BCUT2D eigenvalue weighted by atomic mass is 16.5. The van der Waals surface area contributed by atoms with Gasteiger partial charge in [-0.05, 0) is 30.2 Å². The minimum atomic E-state index is -1.58. The third-order valence-corrected chi connectivity index (χ3v) is 3.03. The minimum absolute atomic E-state index is 0.303. The Morgan fingerprint density at radius 2 is 2.09 bits per heavy atom. The molecule has 8 heteroatoms. The third kappa shape index (κ3) is 3.81. The summed E-state index contributed by atoms with van der Waals surface area (Å²) in [5, 5.41) is 32.2. The smallest absolute Gasteiger partial charge is 0.492 e. The summed E-state index contributed by atoms with van der Waals surface area (Å²) < 4.78 is 5.14. The Balaban J connectivity index is 2.19. The van der Waals surface area contributed by atoms with Gasteiger partial charge in [0.15, 0.2) is 5.82 Å². The molecule has 22 heavy (non-hydrogen) atoms. The van der Waals surface area contributed by atoms with Crippen molar-refractivity contribution < 1.29 is 14.8 Å². The number of ether oxygens (including phenoxy) is 1. The number of aromatic nitrogens is 2. The molecule has 1 aromatic heterocycles. The van der Waals surface area contributed by atoms with E-state index >= 15 is 0 Å². The number of hydrogen-bond donors (Lipinski definition) is 2. The number of nitrogens with zero attached hydrogens (tertiary/aromatic N) is 4. The standard InChI is InChI=1S/C14H17BN4O3/c1-10-6-14(18-16-8-10)19(2)17-9-11-4-5-12(15(20)21)13(7-11)22-3/h4-9,20-21H,1-3H3/b17-9+. The zero-order valence-electron chi connectivity index (χ0n) is 12.6. The Labute approximate surface area is 129 Å². The van der Waals surface area contributed by atoms with Crippen LogP contribution in [0.15, 0.2) is 35.6 Å². The fraction of sp³-hybridized carbons (Fsp3) is 0.214. The summed E-state index contributed by atoms with van der Waals surface area (Å²) in [4.78, 5) is 0. The summed E-state index contributed by atoms with van der Waals surface area (Å²) in [5.74, 6) is 1.02. The average Bonchev–Trinajstić information content (AvgIpc) is 2.52. The molecule has 2 rings (SSSR count). The van der Waals surface area contributed by atoms with E-state index in [0.717, 1.165) is 11.1 Å². The highest BCUT2D eigenvalue weighted by Gasteiger charge is 2.16. The number of aryl methyl sites for hydroxylation is 1. The molecule has 0 unspecified atom stereocenters. The molecule has 0 aliphatic carbocycles. The molecule has 0 bridgehead atoms. The van der Waals surface area contributed by atoms with Crippen LogP contribution in [0, 0.1) is 6.92 Å². The fourth-order valence-corrected chi connectivity index (χ4v) is 1.84. The SMILES string of the molecule is COc1cc(/C=N/N(C)c2cc(C)cnn2)ccc1B(O)O. The molecular weight excluding hydrogens is 283 g/mol. The molecule has 0 atom stereocenters. The molecule has 7 nitrogen and oxygen atoms in total. The van der Waals surface area contributed by atoms with E-state index < -0.39 is 7.12 Å². The van der Waals surface area contributed by atoms with Crippen LogP contribution in [0.4, 0.5) is 5.82 Å². The van der Waals surface area contributed by atoms with Gasteiger partial charge in [-0.25, -0.2) is 5.01 Å². The van der Waals surface area contributed by atoms with Crippen LogP contribution in [0.5, 0.6) is 5.75 Å². The molecule has 0 amide bonds. The second-order valence-electron chi connectivity index (χ2n) is 4.73.